The van der Waals surface area contributed by atoms with E-state index in [1.165, 1.54) is 17.7 Å². The van der Waals surface area contributed by atoms with Crippen LogP contribution in [0.3, 0.4) is 0 Å². The molecule has 0 radical (unpaired) electrons. The fraction of sp³-hybridized carbons (Fsp3) is 0.429. The monoisotopic (exact) mass is 300 g/mol. The first-order valence-corrected chi connectivity index (χ1v) is 7.99. The molecule has 0 amide bonds. The molecular formula is C14H16N6S. The predicted molar refractivity (Wildman–Crippen MR) is 81.8 cm³/mol. The fourth-order valence-corrected chi connectivity index (χ4v) is 3.10. The zero-order valence-electron chi connectivity index (χ0n) is 11.8. The molecule has 6 nitrogen and oxygen atoms in total. The van der Waals surface area contributed by atoms with Gasteiger partial charge in [0.25, 0.3) is 0 Å². The van der Waals surface area contributed by atoms with Crippen LogP contribution >= 0.6 is 11.3 Å². The average molecular weight is 300 g/mol. The van der Waals surface area contributed by atoms with Gasteiger partial charge in [0.15, 0.2) is 11.5 Å². The van der Waals surface area contributed by atoms with Gasteiger partial charge in [0.05, 0.1) is 5.01 Å². The van der Waals surface area contributed by atoms with Gasteiger partial charge in [-0.05, 0) is 31.9 Å². The summed E-state index contributed by atoms with van der Waals surface area (Å²) in [4.78, 5) is 5.62. The van der Waals surface area contributed by atoms with Gasteiger partial charge in [-0.1, -0.05) is 0 Å². The molecule has 0 bridgehead atoms. The van der Waals surface area contributed by atoms with Gasteiger partial charge in [-0.2, -0.15) is 4.52 Å². The lowest BCUT2D eigenvalue weighted by molar-refractivity contribution is 0.813. The minimum atomic E-state index is 0.543. The number of nitrogens with one attached hydrogen (secondary N) is 1. The summed E-state index contributed by atoms with van der Waals surface area (Å²) in [6.07, 6.45) is 5.23. The molecule has 0 aromatic carbocycles. The fourth-order valence-electron chi connectivity index (χ4n) is 2.31. The number of anilines is 1. The molecule has 3 aromatic heterocycles. The summed E-state index contributed by atoms with van der Waals surface area (Å²) in [6, 6.07) is 3.91. The van der Waals surface area contributed by atoms with Crippen molar-refractivity contribution in [3.8, 4) is 0 Å². The molecule has 1 N–H and O–H groups in total. The lowest BCUT2D eigenvalue weighted by atomic mass is 10.4. The van der Waals surface area contributed by atoms with E-state index in [1.54, 1.807) is 11.3 Å². The highest BCUT2D eigenvalue weighted by Gasteiger charge is 2.29. The highest BCUT2D eigenvalue weighted by atomic mass is 32.1. The molecule has 108 valence electrons. The molecule has 1 aliphatic rings. The van der Waals surface area contributed by atoms with Crippen LogP contribution in [0.2, 0.25) is 0 Å². The second-order valence-corrected chi connectivity index (χ2v) is 6.68. The van der Waals surface area contributed by atoms with Gasteiger partial charge in [0.1, 0.15) is 5.82 Å². The highest BCUT2D eigenvalue weighted by molar-refractivity contribution is 7.11. The molecular weight excluding hydrogens is 284 g/mol. The number of hydrogen-bond acceptors (Lipinski definition) is 6. The summed E-state index contributed by atoms with van der Waals surface area (Å²) in [5.74, 6) is 2.39. The van der Waals surface area contributed by atoms with Crippen LogP contribution in [0, 0.1) is 6.92 Å². The van der Waals surface area contributed by atoms with Crippen molar-refractivity contribution < 1.29 is 0 Å². The molecule has 0 saturated heterocycles. The molecule has 1 fully saturated rings. The Morgan fingerprint density at radius 3 is 3.00 bits per heavy atom. The summed E-state index contributed by atoms with van der Waals surface area (Å²) in [5.41, 5.74) is 0.818. The van der Waals surface area contributed by atoms with E-state index in [2.05, 4.69) is 32.5 Å². The Morgan fingerprint density at radius 1 is 1.33 bits per heavy atom. The third-order valence-corrected chi connectivity index (χ3v) is 4.52. The number of rotatable bonds is 5. The molecule has 3 heterocycles. The van der Waals surface area contributed by atoms with Crippen LogP contribution in [0.4, 0.5) is 5.82 Å². The molecule has 1 aliphatic carbocycles. The van der Waals surface area contributed by atoms with Crippen LogP contribution in [0.5, 0.6) is 0 Å². The molecule has 0 spiro atoms. The molecule has 0 aliphatic heterocycles. The maximum Gasteiger partial charge on any atom is 0.178 e. The zero-order valence-corrected chi connectivity index (χ0v) is 12.6. The van der Waals surface area contributed by atoms with Crippen molar-refractivity contribution in [2.75, 3.05) is 11.9 Å². The minimum absolute atomic E-state index is 0.543. The Hall–Kier alpha value is -2.02. The third-order valence-electron chi connectivity index (χ3n) is 3.54. The van der Waals surface area contributed by atoms with Gasteiger partial charge in [-0.3, -0.25) is 0 Å². The Bertz CT molecular complexity index is 773. The Labute approximate surface area is 126 Å². The maximum absolute atomic E-state index is 4.60. The van der Waals surface area contributed by atoms with Crippen molar-refractivity contribution in [1.29, 1.82) is 0 Å². The Morgan fingerprint density at radius 2 is 2.24 bits per heavy atom. The number of nitrogens with zero attached hydrogens (tertiary/aromatic N) is 5. The lowest BCUT2D eigenvalue weighted by Crippen LogP contribution is -2.08. The van der Waals surface area contributed by atoms with E-state index in [4.69, 9.17) is 0 Å². The summed E-state index contributed by atoms with van der Waals surface area (Å²) >= 11 is 1.74. The molecule has 1 saturated carbocycles. The summed E-state index contributed by atoms with van der Waals surface area (Å²) in [6.45, 7) is 2.90. The Balaban J connectivity index is 1.47. The second-order valence-electron chi connectivity index (χ2n) is 5.36. The van der Waals surface area contributed by atoms with Crippen molar-refractivity contribution in [2.45, 2.75) is 32.1 Å². The van der Waals surface area contributed by atoms with E-state index in [1.807, 2.05) is 22.8 Å². The molecule has 3 aromatic rings. The average Bonchev–Trinajstić information content (AvgIpc) is 3.11. The van der Waals surface area contributed by atoms with Crippen LogP contribution in [0.1, 0.15) is 34.5 Å². The molecule has 7 heteroatoms. The van der Waals surface area contributed by atoms with Crippen LogP contribution < -0.4 is 5.32 Å². The van der Waals surface area contributed by atoms with Crippen LogP contribution in [-0.2, 0) is 6.42 Å². The summed E-state index contributed by atoms with van der Waals surface area (Å²) in [5, 5.41) is 17.5. The van der Waals surface area contributed by atoms with Crippen molar-refractivity contribution in [1.82, 2.24) is 24.8 Å². The van der Waals surface area contributed by atoms with Crippen LogP contribution in [-0.4, -0.2) is 31.3 Å². The van der Waals surface area contributed by atoms with Gasteiger partial charge in [0.2, 0.25) is 0 Å². The molecule has 21 heavy (non-hydrogen) atoms. The van der Waals surface area contributed by atoms with E-state index in [9.17, 15) is 0 Å². The molecule has 4 rings (SSSR count). The van der Waals surface area contributed by atoms with Crippen molar-refractivity contribution in [3.05, 3.63) is 34.0 Å². The van der Waals surface area contributed by atoms with E-state index < -0.39 is 0 Å². The number of fused-ring (bicyclic) bond motifs is 1. The van der Waals surface area contributed by atoms with Gasteiger partial charge in [-0.15, -0.1) is 26.6 Å². The predicted octanol–water partition coefficient (Wildman–Crippen LogP) is 2.42. The van der Waals surface area contributed by atoms with Crippen molar-refractivity contribution in [3.63, 3.8) is 0 Å². The van der Waals surface area contributed by atoms with E-state index in [0.717, 1.165) is 35.3 Å². The van der Waals surface area contributed by atoms with Crippen LogP contribution in [0.15, 0.2) is 18.3 Å². The van der Waals surface area contributed by atoms with E-state index >= 15 is 0 Å². The normalized spacial score (nSPS) is 14.7. The second kappa shape index (κ2) is 5.07. The van der Waals surface area contributed by atoms with Crippen molar-refractivity contribution in [2.24, 2.45) is 0 Å². The smallest absolute Gasteiger partial charge is 0.178 e. The van der Waals surface area contributed by atoms with Gasteiger partial charge in [-0.25, -0.2) is 4.98 Å². The Kier molecular flexibility index (Phi) is 3.07. The highest BCUT2D eigenvalue weighted by Crippen LogP contribution is 2.38. The number of hydrogen-bond donors (Lipinski definition) is 1. The molecule has 0 atom stereocenters. The first-order valence-electron chi connectivity index (χ1n) is 7.17. The van der Waals surface area contributed by atoms with E-state index in [0.29, 0.717) is 5.92 Å². The first kappa shape index (κ1) is 12.7. The van der Waals surface area contributed by atoms with Gasteiger partial charge >= 0.3 is 0 Å². The zero-order chi connectivity index (χ0) is 14.2. The molecule has 0 unspecified atom stereocenters. The third kappa shape index (κ3) is 2.61. The summed E-state index contributed by atoms with van der Waals surface area (Å²) < 4.78 is 1.87. The number of aryl methyl sites for hydroxylation is 1. The van der Waals surface area contributed by atoms with Gasteiger partial charge < -0.3 is 5.32 Å². The van der Waals surface area contributed by atoms with E-state index in [-0.39, 0.29) is 0 Å². The number of aromatic nitrogens is 5. The topological polar surface area (TPSA) is 68.0 Å². The minimum Gasteiger partial charge on any atom is -0.368 e. The lowest BCUT2D eigenvalue weighted by Gasteiger charge is -2.05. The van der Waals surface area contributed by atoms with Gasteiger partial charge in [0, 0.05) is 30.0 Å². The van der Waals surface area contributed by atoms with Crippen LogP contribution in [0.25, 0.3) is 5.65 Å². The first-order chi connectivity index (χ1) is 10.3. The largest absolute Gasteiger partial charge is 0.368 e. The van der Waals surface area contributed by atoms with Crippen molar-refractivity contribution >= 4 is 22.8 Å². The summed E-state index contributed by atoms with van der Waals surface area (Å²) in [7, 11) is 0. The maximum atomic E-state index is 4.60. The standard InChI is InChI=1S/C14H16N6S/c1-9-8-16-13(21-9)6-7-15-11-4-5-12-17-18-14(10-2-3-10)20(12)19-11/h4-5,8,10H,2-3,6-7H2,1H3,(H,15,19). The number of thiazole rings is 1. The quantitative estimate of drug-likeness (QED) is 0.783. The SMILES string of the molecule is Cc1cnc(CCNc2ccc3nnc(C4CC4)n3n2)s1.